The lowest BCUT2D eigenvalue weighted by Gasteiger charge is -1.90. The molecular weight excluding hydrogens is 166 g/mol. The fourth-order valence-corrected chi connectivity index (χ4v) is 1.42. The Hall–Kier alpha value is -0.900. The maximum absolute atomic E-state index is 5.17. The van der Waals surface area contributed by atoms with Gasteiger partial charge in [0.25, 0.3) is 0 Å². The predicted octanol–water partition coefficient (Wildman–Crippen LogP) is 0.955. The minimum Gasteiger partial charge on any atom is -0.339 e. The molecule has 0 radical (unpaired) electrons. The van der Waals surface area contributed by atoms with E-state index < -0.39 is 0 Å². The van der Waals surface area contributed by atoms with Crippen LogP contribution in [0, 0.1) is 5.92 Å². The van der Waals surface area contributed by atoms with Crippen molar-refractivity contribution in [3.63, 3.8) is 0 Å². The molecule has 1 heterocycles. The Bertz CT molecular complexity index is 284. The molecule has 0 spiro atoms. The van der Waals surface area contributed by atoms with Crippen molar-refractivity contribution in [1.29, 1.82) is 0 Å². The van der Waals surface area contributed by atoms with Gasteiger partial charge in [-0.15, -0.1) is 0 Å². The van der Waals surface area contributed by atoms with Crippen molar-refractivity contribution in [1.82, 2.24) is 15.5 Å². The van der Waals surface area contributed by atoms with Crippen molar-refractivity contribution >= 4 is 0 Å². The highest BCUT2D eigenvalue weighted by molar-refractivity contribution is 5.05. The molecule has 1 aliphatic carbocycles. The minimum atomic E-state index is 0.538. The lowest BCUT2D eigenvalue weighted by molar-refractivity contribution is 0.371. The second-order valence-corrected chi connectivity index (χ2v) is 3.72. The van der Waals surface area contributed by atoms with Crippen molar-refractivity contribution in [2.45, 2.75) is 25.7 Å². The Kier molecular flexibility index (Phi) is 2.31. The van der Waals surface area contributed by atoms with E-state index in [4.69, 9.17) is 4.52 Å². The van der Waals surface area contributed by atoms with E-state index in [0.717, 1.165) is 30.6 Å². The van der Waals surface area contributed by atoms with E-state index in [0.29, 0.717) is 5.92 Å². The quantitative estimate of drug-likeness (QED) is 0.751. The van der Waals surface area contributed by atoms with Gasteiger partial charge in [0.05, 0.1) is 0 Å². The summed E-state index contributed by atoms with van der Waals surface area (Å²) in [6.07, 6.45) is 2.05. The van der Waals surface area contributed by atoms with Crippen LogP contribution in [0.1, 0.15) is 31.0 Å². The lowest BCUT2D eigenvalue weighted by atomic mass is 10.3. The first-order valence-electron chi connectivity index (χ1n) is 4.78. The van der Waals surface area contributed by atoms with Gasteiger partial charge in [-0.2, -0.15) is 4.98 Å². The molecule has 1 N–H and O–H groups in total. The zero-order chi connectivity index (χ0) is 9.26. The molecule has 0 amide bonds. The zero-order valence-corrected chi connectivity index (χ0v) is 8.08. The van der Waals surface area contributed by atoms with Crippen molar-refractivity contribution in [3.8, 4) is 0 Å². The highest BCUT2D eigenvalue weighted by atomic mass is 16.5. The molecule has 0 saturated heterocycles. The monoisotopic (exact) mass is 181 g/mol. The third-order valence-corrected chi connectivity index (χ3v) is 2.51. The van der Waals surface area contributed by atoms with E-state index in [-0.39, 0.29) is 0 Å². The largest absolute Gasteiger partial charge is 0.339 e. The van der Waals surface area contributed by atoms with Crippen LogP contribution in [-0.4, -0.2) is 23.7 Å². The molecule has 0 aromatic carbocycles. The molecule has 1 aliphatic rings. The molecule has 4 nitrogen and oxygen atoms in total. The van der Waals surface area contributed by atoms with Gasteiger partial charge < -0.3 is 9.84 Å². The van der Waals surface area contributed by atoms with E-state index in [1.807, 2.05) is 7.05 Å². The second kappa shape index (κ2) is 3.46. The van der Waals surface area contributed by atoms with Crippen LogP contribution in [0.2, 0.25) is 0 Å². The molecule has 1 aromatic rings. The van der Waals surface area contributed by atoms with Crippen LogP contribution in [-0.2, 0) is 6.42 Å². The average molecular weight is 181 g/mol. The summed E-state index contributed by atoms with van der Waals surface area (Å²) in [5.74, 6) is 2.93. The number of likely N-dealkylation sites (N-methyl/N-ethyl adjacent to an activating group) is 1. The van der Waals surface area contributed by atoms with Gasteiger partial charge in [-0.05, 0) is 19.4 Å². The molecular formula is C9H15N3O. The molecule has 1 aromatic heterocycles. The molecule has 1 saturated carbocycles. The summed E-state index contributed by atoms with van der Waals surface area (Å²) in [5, 5.41) is 6.98. The fourth-order valence-electron chi connectivity index (χ4n) is 1.42. The topological polar surface area (TPSA) is 51.0 Å². The summed E-state index contributed by atoms with van der Waals surface area (Å²) < 4.78 is 5.17. The zero-order valence-electron chi connectivity index (χ0n) is 8.08. The maximum atomic E-state index is 5.17. The van der Waals surface area contributed by atoms with E-state index in [9.17, 15) is 0 Å². The number of nitrogens with zero attached hydrogens (tertiary/aromatic N) is 2. The van der Waals surface area contributed by atoms with Crippen LogP contribution in [0.4, 0.5) is 0 Å². The molecule has 4 heteroatoms. The number of hydrogen-bond acceptors (Lipinski definition) is 4. The van der Waals surface area contributed by atoms with Gasteiger partial charge in [0, 0.05) is 18.9 Å². The number of aromatic nitrogens is 2. The smallest absolute Gasteiger partial charge is 0.230 e. The fraction of sp³-hybridized carbons (Fsp3) is 0.778. The highest BCUT2D eigenvalue weighted by Gasteiger charge is 2.38. The number of nitrogens with one attached hydrogen (secondary N) is 1. The summed E-state index contributed by atoms with van der Waals surface area (Å²) in [7, 11) is 1.92. The van der Waals surface area contributed by atoms with Crippen LogP contribution in [0.5, 0.6) is 0 Å². The van der Waals surface area contributed by atoms with Gasteiger partial charge in [-0.3, -0.25) is 0 Å². The molecule has 2 unspecified atom stereocenters. The average Bonchev–Trinajstić information content (AvgIpc) is 2.67. The van der Waals surface area contributed by atoms with Gasteiger partial charge in [-0.1, -0.05) is 12.1 Å². The first kappa shape index (κ1) is 8.69. The van der Waals surface area contributed by atoms with Gasteiger partial charge in [0.15, 0.2) is 5.82 Å². The first-order valence-corrected chi connectivity index (χ1v) is 4.78. The molecule has 72 valence electrons. The van der Waals surface area contributed by atoms with Crippen LogP contribution >= 0.6 is 0 Å². The third-order valence-electron chi connectivity index (χ3n) is 2.51. The van der Waals surface area contributed by atoms with E-state index >= 15 is 0 Å². The lowest BCUT2D eigenvalue weighted by Crippen LogP contribution is -2.11. The Morgan fingerprint density at radius 1 is 1.62 bits per heavy atom. The Morgan fingerprint density at radius 3 is 3.00 bits per heavy atom. The third kappa shape index (κ3) is 1.88. The second-order valence-electron chi connectivity index (χ2n) is 3.72. The SMILES string of the molecule is CNCCc1noc(C2CC2C)n1. The number of rotatable bonds is 4. The first-order chi connectivity index (χ1) is 6.31. The van der Waals surface area contributed by atoms with Crippen LogP contribution in [0.15, 0.2) is 4.52 Å². The van der Waals surface area contributed by atoms with Crippen molar-refractivity contribution < 1.29 is 4.52 Å². The predicted molar refractivity (Wildman–Crippen MR) is 48.5 cm³/mol. The summed E-state index contributed by atoms with van der Waals surface area (Å²) in [4.78, 5) is 4.34. The van der Waals surface area contributed by atoms with Crippen LogP contribution < -0.4 is 5.32 Å². The van der Waals surface area contributed by atoms with Gasteiger partial charge >= 0.3 is 0 Å². The van der Waals surface area contributed by atoms with Crippen molar-refractivity contribution in [2.75, 3.05) is 13.6 Å². The Balaban J connectivity index is 1.94. The maximum Gasteiger partial charge on any atom is 0.230 e. The molecule has 2 atom stereocenters. The van der Waals surface area contributed by atoms with E-state index in [1.165, 1.54) is 6.42 Å². The number of hydrogen-bond donors (Lipinski definition) is 1. The normalized spacial score (nSPS) is 26.3. The van der Waals surface area contributed by atoms with Crippen molar-refractivity contribution in [2.24, 2.45) is 5.92 Å². The standard InChI is InChI=1S/C9H15N3O/c1-6-5-7(6)9-11-8(12-13-9)3-4-10-2/h6-7,10H,3-5H2,1-2H3. The summed E-state index contributed by atoms with van der Waals surface area (Å²) >= 11 is 0. The van der Waals surface area contributed by atoms with Crippen molar-refractivity contribution in [3.05, 3.63) is 11.7 Å². The molecule has 13 heavy (non-hydrogen) atoms. The summed E-state index contributed by atoms with van der Waals surface area (Å²) in [6, 6.07) is 0. The van der Waals surface area contributed by atoms with Gasteiger partial charge in [0.2, 0.25) is 5.89 Å². The van der Waals surface area contributed by atoms with E-state index in [1.54, 1.807) is 0 Å². The Labute approximate surface area is 77.7 Å². The molecule has 1 fully saturated rings. The molecule has 2 rings (SSSR count). The van der Waals surface area contributed by atoms with Crippen LogP contribution in [0.3, 0.4) is 0 Å². The van der Waals surface area contributed by atoms with Crippen LogP contribution in [0.25, 0.3) is 0 Å². The highest BCUT2D eigenvalue weighted by Crippen LogP contribution is 2.45. The van der Waals surface area contributed by atoms with E-state index in [2.05, 4.69) is 22.4 Å². The summed E-state index contributed by atoms with van der Waals surface area (Å²) in [5.41, 5.74) is 0. The van der Waals surface area contributed by atoms with Gasteiger partial charge in [0.1, 0.15) is 0 Å². The summed E-state index contributed by atoms with van der Waals surface area (Å²) in [6.45, 7) is 3.11. The minimum absolute atomic E-state index is 0.538. The molecule has 0 bridgehead atoms. The molecule has 0 aliphatic heterocycles. The Morgan fingerprint density at radius 2 is 2.38 bits per heavy atom. The van der Waals surface area contributed by atoms with Gasteiger partial charge in [-0.25, -0.2) is 0 Å².